The summed E-state index contributed by atoms with van der Waals surface area (Å²) >= 11 is 0. The first-order valence-corrected chi connectivity index (χ1v) is 6.10. The van der Waals surface area contributed by atoms with Gasteiger partial charge >= 0.3 is 0 Å². The van der Waals surface area contributed by atoms with Crippen LogP contribution in [-0.4, -0.2) is 24.5 Å². The predicted octanol–water partition coefficient (Wildman–Crippen LogP) is 1.68. The lowest BCUT2D eigenvalue weighted by molar-refractivity contribution is -0.120. The number of hydrogen-bond donors (Lipinski definition) is 2. The van der Waals surface area contributed by atoms with E-state index in [2.05, 4.69) is 24.5 Å². The molecular formula is C12H24N2O. The van der Waals surface area contributed by atoms with Gasteiger partial charge in [0.25, 0.3) is 0 Å². The number of amides is 1. The van der Waals surface area contributed by atoms with E-state index in [0.29, 0.717) is 18.0 Å². The number of carbonyl (C=O) groups excluding carboxylic acids is 1. The summed E-state index contributed by atoms with van der Waals surface area (Å²) in [6, 6.07) is 0.913. The van der Waals surface area contributed by atoms with Crippen molar-refractivity contribution in [1.82, 2.24) is 10.6 Å². The Hall–Kier alpha value is -0.570. The summed E-state index contributed by atoms with van der Waals surface area (Å²) in [5.74, 6) is 0.599. The molecule has 0 unspecified atom stereocenters. The molecule has 1 heterocycles. The van der Waals surface area contributed by atoms with Gasteiger partial charge in [-0.15, -0.1) is 0 Å². The third-order valence-electron chi connectivity index (χ3n) is 3.14. The van der Waals surface area contributed by atoms with Crippen LogP contribution >= 0.6 is 0 Å². The van der Waals surface area contributed by atoms with E-state index in [1.807, 2.05) is 0 Å². The monoisotopic (exact) mass is 212 g/mol. The molecule has 1 saturated heterocycles. The van der Waals surface area contributed by atoms with Crippen molar-refractivity contribution in [3.8, 4) is 0 Å². The van der Waals surface area contributed by atoms with Crippen LogP contribution in [0, 0.1) is 5.92 Å². The second kappa shape index (κ2) is 6.11. The molecule has 1 rings (SSSR count). The van der Waals surface area contributed by atoms with Crippen LogP contribution in [0.1, 0.15) is 46.5 Å². The average molecular weight is 212 g/mol. The van der Waals surface area contributed by atoms with E-state index in [4.69, 9.17) is 0 Å². The number of rotatable bonds is 4. The molecule has 0 aromatic heterocycles. The molecule has 1 aliphatic rings. The van der Waals surface area contributed by atoms with Gasteiger partial charge in [-0.05, 0) is 31.7 Å². The largest absolute Gasteiger partial charge is 0.353 e. The van der Waals surface area contributed by atoms with Gasteiger partial charge in [0.15, 0.2) is 0 Å². The van der Waals surface area contributed by atoms with Gasteiger partial charge in [-0.2, -0.15) is 0 Å². The van der Waals surface area contributed by atoms with Crippen LogP contribution < -0.4 is 10.6 Å². The maximum atomic E-state index is 11.1. The molecule has 0 spiro atoms. The van der Waals surface area contributed by atoms with Crippen LogP contribution in [0.5, 0.6) is 0 Å². The summed E-state index contributed by atoms with van der Waals surface area (Å²) in [5.41, 5.74) is 0. The molecule has 1 aliphatic heterocycles. The predicted molar refractivity (Wildman–Crippen MR) is 62.7 cm³/mol. The van der Waals surface area contributed by atoms with Gasteiger partial charge in [0.1, 0.15) is 0 Å². The molecule has 1 fully saturated rings. The van der Waals surface area contributed by atoms with E-state index in [9.17, 15) is 4.79 Å². The molecule has 88 valence electrons. The number of hydrogen-bond acceptors (Lipinski definition) is 2. The number of carbonyl (C=O) groups is 1. The van der Waals surface area contributed by atoms with Crippen molar-refractivity contribution in [3.63, 3.8) is 0 Å². The number of piperidine rings is 1. The Kier molecular flexibility index (Phi) is 5.09. The van der Waals surface area contributed by atoms with Crippen molar-refractivity contribution < 1.29 is 4.79 Å². The van der Waals surface area contributed by atoms with Gasteiger partial charge in [-0.3, -0.25) is 4.79 Å². The van der Waals surface area contributed by atoms with E-state index >= 15 is 0 Å². The molecule has 2 atom stereocenters. The Bertz CT molecular complexity index is 198. The van der Waals surface area contributed by atoms with E-state index in [0.717, 1.165) is 13.0 Å². The molecule has 0 saturated carbocycles. The van der Waals surface area contributed by atoms with Crippen molar-refractivity contribution in [1.29, 1.82) is 0 Å². The fraction of sp³-hybridized carbons (Fsp3) is 0.917. The SMILES string of the molecule is CC(=O)N[C@H](C[C@H]1CCCCN1)C(C)C. The quantitative estimate of drug-likeness (QED) is 0.744. The van der Waals surface area contributed by atoms with Crippen LogP contribution in [0.25, 0.3) is 0 Å². The van der Waals surface area contributed by atoms with Gasteiger partial charge in [-0.25, -0.2) is 0 Å². The number of nitrogens with one attached hydrogen (secondary N) is 2. The third kappa shape index (κ3) is 4.65. The van der Waals surface area contributed by atoms with E-state index in [1.54, 1.807) is 6.92 Å². The lowest BCUT2D eigenvalue weighted by Crippen LogP contribution is -2.44. The van der Waals surface area contributed by atoms with Crippen LogP contribution in [0.4, 0.5) is 0 Å². The minimum Gasteiger partial charge on any atom is -0.353 e. The minimum absolute atomic E-state index is 0.0875. The lowest BCUT2D eigenvalue weighted by atomic mass is 9.92. The van der Waals surface area contributed by atoms with Crippen molar-refractivity contribution in [2.45, 2.75) is 58.5 Å². The molecule has 1 amide bonds. The van der Waals surface area contributed by atoms with Crippen LogP contribution in [0.15, 0.2) is 0 Å². The van der Waals surface area contributed by atoms with Crippen molar-refractivity contribution in [3.05, 3.63) is 0 Å². The van der Waals surface area contributed by atoms with Crippen LogP contribution in [0.2, 0.25) is 0 Å². The Morgan fingerprint density at radius 1 is 1.47 bits per heavy atom. The zero-order valence-electron chi connectivity index (χ0n) is 10.2. The van der Waals surface area contributed by atoms with Crippen LogP contribution in [-0.2, 0) is 4.79 Å². The topological polar surface area (TPSA) is 41.1 Å². The zero-order chi connectivity index (χ0) is 11.3. The van der Waals surface area contributed by atoms with Crippen molar-refractivity contribution >= 4 is 5.91 Å². The highest BCUT2D eigenvalue weighted by molar-refractivity contribution is 5.73. The molecule has 0 radical (unpaired) electrons. The lowest BCUT2D eigenvalue weighted by Gasteiger charge is -2.30. The maximum absolute atomic E-state index is 11.1. The summed E-state index contributed by atoms with van der Waals surface area (Å²) < 4.78 is 0. The Labute approximate surface area is 93.0 Å². The highest BCUT2D eigenvalue weighted by atomic mass is 16.1. The zero-order valence-corrected chi connectivity index (χ0v) is 10.2. The molecule has 2 N–H and O–H groups in total. The highest BCUT2D eigenvalue weighted by Gasteiger charge is 2.21. The molecule has 15 heavy (non-hydrogen) atoms. The third-order valence-corrected chi connectivity index (χ3v) is 3.14. The molecule has 0 aromatic rings. The second-order valence-corrected chi connectivity index (χ2v) is 4.93. The molecule has 0 aromatic carbocycles. The highest BCUT2D eigenvalue weighted by Crippen LogP contribution is 2.15. The van der Waals surface area contributed by atoms with Crippen molar-refractivity contribution in [2.24, 2.45) is 5.92 Å². The fourth-order valence-electron chi connectivity index (χ4n) is 2.19. The van der Waals surface area contributed by atoms with Crippen molar-refractivity contribution in [2.75, 3.05) is 6.54 Å². The van der Waals surface area contributed by atoms with E-state index < -0.39 is 0 Å². The first kappa shape index (κ1) is 12.5. The van der Waals surface area contributed by atoms with Crippen LogP contribution in [0.3, 0.4) is 0 Å². The second-order valence-electron chi connectivity index (χ2n) is 4.93. The molecule has 3 heteroatoms. The molecule has 3 nitrogen and oxygen atoms in total. The summed E-state index contributed by atoms with van der Waals surface area (Å²) in [6.45, 7) is 7.08. The minimum atomic E-state index is 0.0875. The Morgan fingerprint density at radius 3 is 2.67 bits per heavy atom. The standard InChI is InChI=1S/C12H24N2O/c1-9(2)12(14-10(3)15)8-11-6-4-5-7-13-11/h9,11-13H,4-8H2,1-3H3,(H,14,15)/t11-,12-/m1/s1. The molecular weight excluding hydrogens is 188 g/mol. The summed E-state index contributed by atoms with van der Waals surface area (Å²) in [7, 11) is 0. The van der Waals surface area contributed by atoms with E-state index in [1.165, 1.54) is 19.3 Å². The Balaban J connectivity index is 2.38. The van der Waals surface area contributed by atoms with Gasteiger partial charge in [0.05, 0.1) is 0 Å². The van der Waals surface area contributed by atoms with Gasteiger partial charge < -0.3 is 10.6 Å². The van der Waals surface area contributed by atoms with Gasteiger partial charge in [0.2, 0.25) is 5.91 Å². The Morgan fingerprint density at radius 2 is 2.20 bits per heavy atom. The summed E-state index contributed by atoms with van der Waals surface area (Å²) in [4.78, 5) is 11.1. The van der Waals surface area contributed by atoms with Gasteiger partial charge in [0, 0.05) is 19.0 Å². The molecule has 0 bridgehead atoms. The average Bonchev–Trinajstić information content (AvgIpc) is 2.17. The fourth-order valence-corrected chi connectivity index (χ4v) is 2.19. The molecule has 0 aliphatic carbocycles. The maximum Gasteiger partial charge on any atom is 0.217 e. The summed E-state index contributed by atoms with van der Waals surface area (Å²) in [5, 5.41) is 6.57. The van der Waals surface area contributed by atoms with E-state index in [-0.39, 0.29) is 5.91 Å². The smallest absolute Gasteiger partial charge is 0.217 e. The summed E-state index contributed by atoms with van der Waals surface area (Å²) in [6.07, 6.45) is 4.94. The normalized spacial score (nSPS) is 23.9. The first-order chi connectivity index (χ1) is 7.09. The van der Waals surface area contributed by atoms with Gasteiger partial charge in [-0.1, -0.05) is 20.3 Å². The first-order valence-electron chi connectivity index (χ1n) is 6.10.